The number of nitrogens with two attached hydrogens (primary N) is 1. The largest absolute Gasteiger partial charge is 0.468 e. The van der Waals surface area contributed by atoms with E-state index >= 15 is 0 Å². The third kappa shape index (κ3) is 2.43. The molecule has 1 aromatic heterocycles. The number of sulfone groups is 1. The summed E-state index contributed by atoms with van der Waals surface area (Å²) >= 11 is 5.74. The van der Waals surface area contributed by atoms with Crippen molar-refractivity contribution in [2.45, 2.75) is 10.1 Å². The SMILES string of the molecule is NC[C@@H](c1ccco1)S(=O)(=O)c1ccc(Cl)cc1. The predicted molar refractivity (Wildman–Crippen MR) is 69.1 cm³/mol. The Labute approximate surface area is 110 Å². The van der Waals surface area contributed by atoms with Crippen LogP contribution in [-0.2, 0) is 9.84 Å². The highest BCUT2D eigenvalue weighted by Crippen LogP contribution is 2.28. The van der Waals surface area contributed by atoms with E-state index < -0.39 is 15.1 Å². The first-order valence-electron chi connectivity index (χ1n) is 5.28. The summed E-state index contributed by atoms with van der Waals surface area (Å²) in [4.78, 5) is 0.179. The lowest BCUT2D eigenvalue weighted by Gasteiger charge is -2.13. The summed E-state index contributed by atoms with van der Waals surface area (Å²) in [5, 5.41) is -0.398. The van der Waals surface area contributed by atoms with Gasteiger partial charge in [-0.2, -0.15) is 0 Å². The molecule has 1 heterocycles. The van der Waals surface area contributed by atoms with Crippen LogP contribution >= 0.6 is 11.6 Å². The molecule has 1 atom stereocenters. The Balaban J connectivity index is 2.44. The number of hydrogen-bond donors (Lipinski definition) is 1. The fourth-order valence-corrected chi connectivity index (χ4v) is 3.32. The second-order valence-electron chi connectivity index (χ2n) is 3.74. The van der Waals surface area contributed by atoms with Gasteiger partial charge >= 0.3 is 0 Å². The van der Waals surface area contributed by atoms with E-state index in [9.17, 15) is 8.42 Å². The lowest BCUT2D eigenvalue weighted by molar-refractivity contribution is 0.492. The first-order valence-corrected chi connectivity index (χ1v) is 7.21. The molecule has 0 radical (unpaired) electrons. The molecule has 0 spiro atoms. The highest BCUT2D eigenvalue weighted by atomic mass is 35.5. The summed E-state index contributed by atoms with van der Waals surface area (Å²) < 4.78 is 29.9. The number of furan rings is 1. The third-order valence-corrected chi connectivity index (χ3v) is 4.95. The van der Waals surface area contributed by atoms with Gasteiger partial charge in [0.25, 0.3) is 0 Å². The van der Waals surface area contributed by atoms with Gasteiger partial charge in [-0.3, -0.25) is 0 Å². The molecule has 18 heavy (non-hydrogen) atoms. The summed E-state index contributed by atoms with van der Waals surface area (Å²) in [7, 11) is -3.57. The van der Waals surface area contributed by atoms with Crippen LogP contribution in [0.5, 0.6) is 0 Å². The summed E-state index contributed by atoms with van der Waals surface area (Å²) in [5.41, 5.74) is 5.55. The molecule has 6 heteroatoms. The Morgan fingerprint density at radius 3 is 2.39 bits per heavy atom. The van der Waals surface area contributed by atoms with E-state index in [-0.39, 0.29) is 11.4 Å². The maximum Gasteiger partial charge on any atom is 0.189 e. The molecule has 0 aliphatic heterocycles. The fourth-order valence-electron chi connectivity index (χ4n) is 1.66. The van der Waals surface area contributed by atoms with Gasteiger partial charge in [-0.25, -0.2) is 8.42 Å². The fraction of sp³-hybridized carbons (Fsp3) is 0.167. The van der Waals surface area contributed by atoms with Gasteiger partial charge in [-0.05, 0) is 36.4 Å². The minimum atomic E-state index is -3.57. The number of hydrogen-bond acceptors (Lipinski definition) is 4. The van der Waals surface area contributed by atoms with E-state index in [0.29, 0.717) is 10.8 Å². The van der Waals surface area contributed by atoms with Gasteiger partial charge in [0.2, 0.25) is 0 Å². The quantitative estimate of drug-likeness (QED) is 0.936. The molecule has 2 rings (SSSR count). The maximum absolute atomic E-state index is 12.4. The average Bonchev–Trinajstić information content (AvgIpc) is 2.84. The molecule has 0 bridgehead atoms. The van der Waals surface area contributed by atoms with Gasteiger partial charge in [0, 0.05) is 11.6 Å². The van der Waals surface area contributed by atoms with Gasteiger partial charge in [-0.1, -0.05) is 11.6 Å². The van der Waals surface area contributed by atoms with Gasteiger partial charge in [-0.15, -0.1) is 0 Å². The zero-order chi connectivity index (χ0) is 13.2. The van der Waals surface area contributed by atoms with Crippen LogP contribution in [0.3, 0.4) is 0 Å². The molecule has 0 aliphatic carbocycles. The van der Waals surface area contributed by atoms with Crippen LogP contribution in [0.1, 0.15) is 11.0 Å². The lowest BCUT2D eigenvalue weighted by Crippen LogP contribution is -2.21. The van der Waals surface area contributed by atoms with Crippen molar-refractivity contribution in [2.75, 3.05) is 6.54 Å². The number of benzene rings is 1. The molecule has 1 aromatic carbocycles. The van der Waals surface area contributed by atoms with Gasteiger partial charge in [0.1, 0.15) is 11.0 Å². The van der Waals surface area contributed by atoms with Crippen molar-refractivity contribution in [1.82, 2.24) is 0 Å². The van der Waals surface area contributed by atoms with E-state index in [1.165, 1.54) is 30.5 Å². The maximum atomic E-state index is 12.4. The summed E-state index contributed by atoms with van der Waals surface area (Å²) in [6.07, 6.45) is 1.43. The van der Waals surface area contributed by atoms with Crippen LogP contribution in [-0.4, -0.2) is 15.0 Å². The van der Waals surface area contributed by atoms with E-state index in [1.807, 2.05) is 0 Å². The van der Waals surface area contributed by atoms with Crippen LogP contribution in [0.15, 0.2) is 52.0 Å². The molecule has 0 saturated carbocycles. The highest BCUT2D eigenvalue weighted by molar-refractivity contribution is 7.91. The normalized spacial score (nSPS) is 13.4. The van der Waals surface area contributed by atoms with Crippen molar-refractivity contribution in [3.8, 4) is 0 Å². The first kappa shape index (κ1) is 13.1. The van der Waals surface area contributed by atoms with Crippen LogP contribution in [0.2, 0.25) is 5.02 Å². The highest BCUT2D eigenvalue weighted by Gasteiger charge is 2.29. The van der Waals surface area contributed by atoms with Crippen LogP contribution < -0.4 is 5.73 Å². The monoisotopic (exact) mass is 285 g/mol. The molecule has 4 nitrogen and oxygen atoms in total. The molecular formula is C12H12ClNO3S. The third-order valence-electron chi connectivity index (χ3n) is 2.59. The molecule has 96 valence electrons. The van der Waals surface area contributed by atoms with Crippen LogP contribution in [0.25, 0.3) is 0 Å². The Kier molecular flexibility index (Phi) is 3.75. The van der Waals surface area contributed by atoms with E-state index in [1.54, 1.807) is 12.1 Å². The topological polar surface area (TPSA) is 73.3 Å². The molecule has 0 unspecified atom stereocenters. The van der Waals surface area contributed by atoms with Crippen molar-refractivity contribution in [3.05, 3.63) is 53.4 Å². The zero-order valence-corrected chi connectivity index (χ0v) is 11.0. The molecule has 0 aliphatic rings. The van der Waals surface area contributed by atoms with E-state index in [0.717, 1.165) is 0 Å². The molecule has 0 amide bonds. The Morgan fingerprint density at radius 1 is 1.22 bits per heavy atom. The van der Waals surface area contributed by atoms with Gasteiger partial charge < -0.3 is 10.2 Å². The molecule has 0 fully saturated rings. The smallest absolute Gasteiger partial charge is 0.189 e. The molecular weight excluding hydrogens is 274 g/mol. The Bertz CT molecular complexity index is 605. The minimum absolute atomic E-state index is 0.0432. The standard InChI is InChI=1S/C12H12ClNO3S/c13-9-3-5-10(6-4-9)18(15,16)12(8-14)11-2-1-7-17-11/h1-7,12H,8,14H2/t12-/m0/s1. The van der Waals surface area contributed by atoms with E-state index in [4.69, 9.17) is 21.8 Å². The molecule has 0 saturated heterocycles. The van der Waals surface area contributed by atoms with Gasteiger partial charge in [0.05, 0.1) is 11.2 Å². The Morgan fingerprint density at radius 2 is 1.89 bits per heavy atom. The molecule has 2 N–H and O–H groups in total. The van der Waals surface area contributed by atoms with E-state index in [2.05, 4.69) is 0 Å². The van der Waals surface area contributed by atoms with Crippen molar-refractivity contribution >= 4 is 21.4 Å². The second-order valence-corrected chi connectivity index (χ2v) is 6.31. The Hall–Kier alpha value is -1.30. The summed E-state index contributed by atoms with van der Waals surface area (Å²) in [6.45, 7) is -0.0432. The predicted octanol–water partition coefficient (Wildman–Crippen LogP) is 2.41. The number of halogens is 1. The summed E-state index contributed by atoms with van der Waals surface area (Å²) in [6, 6.07) is 9.22. The second kappa shape index (κ2) is 5.14. The van der Waals surface area contributed by atoms with Crippen molar-refractivity contribution < 1.29 is 12.8 Å². The van der Waals surface area contributed by atoms with Crippen LogP contribution in [0, 0.1) is 0 Å². The summed E-state index contributed by atoms with van der Waals surface area (Å²) in [5.74, 6) is 0.340. The first-order chi connectivity index (χ1) is 8.55. The number of rotatable bonds is 4. The molecule has 2 aromatic rings. The van der Waals surface area contributed by atoms with Crippen molar-refractivity contribution in [1.29, 1.82) is 0 Å². The van der Waals surface area contributed by atoms with Crippen molar-refractivity contribution in [2.24, 2.45) is 5.73 Å². The average molecular weight is 286 g/mol. The van der Waals surface area contributed by atoms with Gasteiger partial charge in [0.15, 0.2) is 9.84 Å². The lowest BCUT2D eigenvalue weighted by atomic mass is 10.3. The minimum Gasteiger partial charge on any atom is -0.468 e. The zero-order valence-electron chi connectivity index (χ0n) is 9.41. The van der Waals surface area contributed by atoms with Crippen molar-refractivity contribution in [3.63, 3.8) is 0 Å². The van der Waals surface area contributed by atoms with Crippen LogP contribution in [0.4, 0.5) is 0 Å².